The molecular weight excluding hydrogens is 244 g/mol. The summed E-state index contributed by atoms with van der Waals surface area (Å²) in [5, 5.41) is 8.62. The molecule has 3 atom stereocenters. The van der Waals surface area contributed by atoms with E-state index in [0.717, 1.165) is 12.8 Å². The fraction of sp³-hybridized carbons (Fsp3) is 0.786. The first-order chi connectivity index (χ1) is 8.83. The van der Waals surface area contributed by atoms with E-state index in [1.807, 2.05) is 26.8 Å². The van der Waals surface area contributed by atoms with E-state index in [2.05, 4.69) is 0 Å². The molecule has 0 N–H and O–H groups in total. The van der Waals surface area contributed by atoms with Crippen molar-refractivity contribution in [3.8, 4) is 6.07 Å². The third-order valence-corrected chi connectivity index (χ3v) is 3.81. The number of fused-ring (bicyclic) bond motifs is 2. The molecule has 19 heavy (non-hydrogen) atoms. The van der Waals surface area contributed by atoms with E-state index in [1.165, 1.54) is 0 Å². The Kier molecular flexibility index (Phi) is 3.53. The van der Waals surface area contributed by atoms with Crippen LogP contribution in [0.4, 0.5) is 4.79 Å². The molecule has 0 radical (unpaired) electrons. The minimum Gasteiger partial charge on any atom is -0.444 e. The van der Waals surface area contributed by atoms with Gasteiger partial charge in [-0.15, -0.1) is 0 Å². The largest absolute Gasteiger partial charge is 0.444 e. The first-order valence-corrected chi connectivity index (χ1v) is 6.74. The number of nitriles is 1. The molecule has 0 aliphatic carbocycles. The summed E-state index contributed by atoms with van der Waals surface area (Å²) in [5.41, 5.74) is -0.523. The fourth-order valence-corrected chi connectivity index (χ4v) is 3.14. The van der Waals surface area contributed by atoms with Crippen LogP contribution in [0, 0.1) is 17.2 Å². The van der Waals surface area contributed by atoms with Crippen LogP contribution in [0.2, 0.25) is 0 Å². The minimum atomic E-state index is -0.523. The van der Waals surface area contributed by atoms with E-state index in [9.17, 15) is 9.59 Å². The van der Waals surface area contributed by atoms with Crippen LogP contribution < -0.4 is 0 Å². The molecule has 2 aliphatic rings. The van der Waals surface area contributed by atoms with Crippen LogP contribution in [0.15, 0.2) is 0 Å². The highest BCUT2D eigenvalue weighted by Gasteiger charge is 2.51. The summed E-state index contributed by atoms with van der Waals surface area (Å²) in [5.74, 6) is -0.214. The number of Topliss-reactive ketones (excluding diaryl/α,β-unsaturated/α-hetero) is 1. The molecule has 0 aromatic rings. The maximum atomic E-state index is 12.2. The summed E-state index contributed by atoms with van der Waals surface area (Å²) in [6.07, 6.45) is 2.07. The van der Waals surface area contributed by atoms with Crippen LogP contribution in [-0.4, -0.2) is 34.5 Å². The second-order valence-corrected chi connectivity index (χ2v) is 6.33. The van der Waals surface area contributed by atoms with Gasteiger partial charge in [-0.3, -0.25) is 4.79 Å². The molecule has 2 rings (SSSR count). The zero-order chi connectivity index (χ0) is 14.2. The number of ketones is 1. The van der Waals surface area contributed by atoms with E-state index in [1.54, 1.807) is 4.90 Å². The fourth-order valence-electron chi connectivity index (χ4n) is 3.14. The van der Waals surface area contributed by atoms with Gasteiger partial charge in [-0.25, -0.2) is 4.79 Å². The monoisotopic (exact) mass is 264 g/mol. The lowest BCUT2D eigenvalue weighted by Gasteiger charge is -2.28. The Hall–Kier alpha value is -1.57. The average Bonchev–Trinajstić information content (AvgIpc) is 2.83. The van der Waals surface area contributed by atoms with Crippen LogP contribution >= 0.6 is 0 Å². The maximum Gasteiger partial charge on any atom is 0.410 e. The van der Waals surface area contributed by atoms with Crippen LogP contribution in [0.3, 0.4) is 0 Å². The van der Waals surface area contributed by atoms with Gasteiger partial charge in [-0.1, -0.05) is 0 Å². The molecule has 0 saturated carbocycles. The molecule has 2 bridgehead atoms. The Morgan fingerprint density at radius 3 is 2.63 bits per heavy atom. The Morgan fingerprint density at radius 1 is 1.37 bits per heavy atom. The quantitative estimate of drug-likeness (QED) is 0.767. The number of carbonyl (C=O) groups excluding carboxylic acids is 2. The number of hydrogen-bond donors (Lipinski definition) is 0. The smallest absolute Gasteiger partial charge is 0.410 e. The van der Waals surface area contributed by atoms with Gasteiger partial charge >= 0.3 is 6.09 Å². The molecule has 2 fully saturated rings. The van der Waals surface area contributed by atoms with Crippen molar-refractivity contribution in [2.45, 2.75) is 64.1 Å². The zero-order valence-electron chi connectivity index (χ0n) is 11.7. The highest BCUT2D eigenvalue weighted by molar-refractivity contribution is 5.85. The number of ether oxygens (including phenoxy) is 1. The molecule has 0 aromatic heterocycles. The van der Waals surface area contributed by atoms with Crippen molar-refractivity contribution in [2.75, 3.05) is 0 Å². The Balaban J connectivity index is 2.07. The van der Waals surface area contributed by atoms with Gasteiger partial charge in [0.1, 0.15) is 5.60 Å². The van der Waals surface area contributed by atoms with Crippen molar-refractivity contribution >= 4 is 11.9 Å². The molecule has 3 unspecified atom stereocenters. The summed E-state index contributed by atoms with van der Waals surface area (Å²) in [6, 6.07) is 1.94. The third kappa shape index (κ3) is 2.73. The van der Waals surface area contributed by atoms with Gasteiger partial charge in [0.15, 0.2) is 5.78 Å². The lowest BCUT2D eigenvalue weighted by atomic mass is 9.85. The molecule has 0 aromatic carbocycles. The average molecular weight is 264 g/mol. The number of hydrogen-bond acceptors (Lipinski definition) is 4. The molecular formula is C14H20N2O3. The number of amides is 1. The Labute approximate surface area is 113 Å². The van der Waals surface area contributed by atoms with Gasteiger partial charge in [0, 0.05) is 18.0 Å². The van der Waals surface area contributed by atoms with Crippen molar-refractivity contribution < 1.29 is 14.3 Å². The van der Waals surface area contributed by atoms with Crippen molar-refractivity contribution in [3.05, 3.63) is 0 Å². The number of nitrogens with zero attached hydrogens (tertiary/aromatic N) is 2. The first-order valence-electron chi connectivity index (χ1n) is 6.74. The van der Waals surface area contributed by atoms with Gasteiger partial charge in [0.2, 0.25) is 0 Å². The summed E-state index contributed by atoms with van der Waals surface area (Å²) in [4.78, 5) is 25.8. The Morgan fingerprint density at radius 2 is 2.05 bits per heavy atom. The van der Waals surface area contributed by atoms with Crippen LogP contribution in [0.5, 0.6) is 0 Å². The second kappa shape index (κ2) is 4.84. The zero-order valence-corrected chi connectivity index (χ0v) is 11.7. The summed E-state index contributed by atoms with van der Waals surface area (Å²) in [6.45, 7) is 5.50. The molecule has 2 saturated heterocycles. The number of carbonyl (C=O) groups is 2. The normalized spacial score (nSPS) is 29.2. The van der Waals surface area contributed by atoms with Crippen LogP contribution in [-0.2, 0) is 9.53 Å². The van der Waals surface area contributed by atoms with Crippen molar-refractivity contribution in [1.82, 2.24) is 4.90 Å². The second-order valence-electron chi connectivity index (χ2n) is 6.33. The molecule has 2 heterocycles. The summed E-state index contributed by atoms with van der Waals surface area (Å²) >= 11 is 0. The van der Waals surface area contributed by atoms with E-state index in [4.69, 9.17) is 10.00 Å². The molecule has 2 aliphatic heterocycles. The molecule has 5 heteroatoms. The highest BCUT2D eigenvalue weighted by Crippen LogP contribution is 2.43. The van der Waals surface area contributed by atoms with Crippen LogP contribution in [0.1, 0.15) is 46.5 Å². The third-order valence-electron chi connectivity index (χ3n) is 3.81. The van der Waals surface area contributed by atoms with Gasteiger partial charge in [0.05, 0.1) is 12.5 Å². The van der Waals surface area contributed by atoms with Gasteiger partial charge in [-0.2, -0.15) is 5.26 Å². The van der Waals surface area contributed by atoms with E-state index >= 15 is 0 Å². The maximum absolute atomic E-state index is 12.2. The van der Waals surface area contributed by atoms with Gasteiger partial charge in [-0.05, 0) is 40.0 Å². The van der Waals surface area contributed by atoms with Crippen LogP contribution in [0.25, 0.3) is 0 Å². The summed E-state index contributed by atoms with van der Waals surface area (Å²) < 4.78 is 5.40. The SMILES string of the molecule is CC(C)(C)OC(=O)N1C2CCC1C(C(=O)CC#N)C2. The molecule has 0 spiro atoms. The predicted molar refractivity (Wildman–Crippen MR) is 68.2 cm³/mol. The summed E-state index contributed by atoms with van der Waals surface area (Å²) in [7, 11) is 0. The van der Waals surface area contributed by atoms with E-state index in [-0.39, 0.29) is 36.3 Å². The van der Waals surface area contributed by atoms with Crippen molar-refractivity contribution in [2.24, 2.45) is 5.92 Å². The first kappa shape index (κ1) is 13.9. The van der Waals surface area contributed by atoms with Gasteiger partial charge < -0.3 is 9.64 Å². The molecule has 104 valence electrons. The predicted octanol–water partition coefficient (Wildman–Crippen LogP) is 2.26. The lowest BCUT2D eigenvalue weighted by Crippen LogP contribution is -2.41. The van der Waals surface area contributed by atoms with Crippen molar-refractivity contribution in [1.29, 1.82) is 5.26 Å². The van der Waals surface area contributed by atoms with E-state index < -0.39 is 5.60 Å². The Bertz CT molecular complexity index is 433. The molecule has 1 amide bonds. The topological polar surface area (TPSA) is 70.4 Å². The minimum absolute atomic E-state index is 0.0386. The lowest BCUT2D eigenvalue weighted by molar-refractivity contribution is -0.122. The van der Waals surface area contributed by atoms with Gasteiger partial charge in [0.25, 0.3) is 0 Å². The number of rotatable bonds is 2. The van der Waals surface area contributed by atoms with Crippen molar-refractivity contribution in [3.63, 3.8) is 0 Å². The van der Waals surface area contributed by atoms with E-state index in [0.29, 0.717) is 6.42 Å². The molecule has 5 nitrogen and oxygen atoms in total. The highest BCUT2D eigenvalue weighted by atomic mass is 16.6. The standard InChI is InChI=1S/C14H20N2O3/c1-14(2,3)19-13(18)16-9-4-5-11(16)10(8-9)12(17)6-7-15/h9-11H,4-6,8H2,1-3H3.